The summed E-state index contributed by atoms with van der Waals surface area (Å²) in [6.07, 6.45) is 15.3. The summed E-state index contributed by atoms with van der Waals surface area (Å²) in [5, 5.41) is 2.72. The Kier molecular flexibility index (Phi) is 18.8. The number of ketones is 1. The van der Waals surface area contributed by atoms with E-state index in [-0.39, 0.29) is 42.6 Å². The molecule has 3 heterocycles. The molecule has 54 heavy (non-hydrogen) atoms. The van der Waals surface area contributed by atoms with Gasteiger partial charge in [-0.2, -0.15) is 0 Å². The molecule has 0 radical (unpaired) electrons. The maximum Gasteiger partial charge on any atom is 0.326 e. The molecule has 0 aliphatic carbocycles. The van der Waals surface area contributed by atoms with Crippen molar-refractivity contribution in [3.63, 3.8) is 0 Å². The van der Waals surface area contributed by atoms with Gasteiger partial charge in [-0.1, -0.05) is 65.2 Å². The standard InChI is InChI=1S/C43H72N2O9/c1-10-16-37-41(49)45-28-35(52-42(45,5)6)26-38-36(53-43(7,8)54-38)24-23-33(29-50-9)20-14-18-32(11-2)19-15-22-34(46)21-13-12-17-30(3)25-31(4)40(48)44-27-39(47)51-37/h14,18,20,30-32,35-38H,10-13,15-17,19,21-29H2,1-9H3,(H,44,48)/b18-14+,33-20-/t30-,31+,32+,35+,36-,37+,38+/m1/s1. The second-order valence-corrected chi connectivity index (χ2v) is 16.8. The fourth-order valence-electron chi connectivity index (χ4n) is 8.06. The van der Waals surface area contributed by atoms with E-state index in [1.165, 1.54) is 0 Å². The van der Waals surface area contributed by atoms with Crippen LogP contribution in [0.2, 0.25) is 0 Å². The highest BCUT2D eigenvalue weighted by molar-refractivity contribution is 5.87. The van der Waals surface area contributed by atoms with Gasteiger partial charge in [-0.3, -0.25) is 19.2 Å². The number of hydrogen-bond acceptors (Lipinski definition) is 9. The lowest BCUT2D eigenvalue weighted by Crippen LogP contribution is -2.49. The normalized spacial score (nSPS) is 33.5. The van der Waals surface area contributed by atoms with E-state index in [9.17, 15) is 19.2 Å². The molecule has 2 saturated heterocycles. The number of carbonyl (C=O) groups excluding carboxylic acids is 4. The van der Waals surface area contributed by atoms with Crippen LogP contribution in [0.15, 0.2) is 23.8 Å². The van der Waals surface area contributed by atoms with Gasteiger partial charge < -0.3 is 33.9 Å². The lowest BCUT2D eigenvalue weighted by Gasteiger charge is -2.32. The summed E-state index contributed by atoms with van der Waals surface area (Å²) in [7, 11) is 1.71. The minimum atomic E-state index is -0.986. The van der Waals surface area contributed by atoms with Gasteiger partial charge in [-0.15, -0.1) is 0 Å². The fraction of sp³-hybridized carbons (Fsp3) is 0.814. The summed E-state index contributed by atoms with van der Waals surface area (Å²) in [4.78, 5) is 54.1. The Morgan fingerprint density at radius 1 is 0.889 bits per heavy atom. The van der Waals surface area contributed by atoms with E-state index in [0.717, 1.165) is 56.9 Å². The Morgan fingerprint density at radius 2 is 1.61 bits per heavy atom. The summed E-state index contributed by atoms with van der Waals surface area (Å²) >= 11 is 0. The highest BCUT2D eigenvalue weighted by Gasteiger charge is 2.48. The zero-order chi connectivity index (χ0) is 39.9. The molecule has 3 aliphatic heterocycles. The average Bonchev–Trinajstić information content (AvgIpc) is 3.57. The van der Waals surface area contributed by atoms with E-state index in [0.29, 0.717) is 69.3 Å². The van der Waals surface area contributed by atoms with Crippen LogP contribution in [0.5, 0.6) is 0 Å². The number of cyclic esters (lactones) is 1. The maximum atomic E-state index is 13.9. The van der Waals surface area contributed by atoms with Gasteiger partial charge in [0.15, 0.2) is 11.9 Å². The summed E-state index contributed by atoms with van der Waals surface area (Å²) in [6.45, 7) is 16.2. The third-order valence-corrected chi connectivity index (χ3v) is 11.0. The first-order valence-electron chi connectivity index (χ1n) is 20.8. The number of amides is 2. The van der Waals surface area contributed by atoms with E-state index in [1.807, 2.05) is 41.5 Å². The molecule has 7 atom stereocenters. The second-order valence-electron chi connectivity index (χ2n) is 16.8. The highest BCUT2D eigenvalue weighted by Crippen LogP contribution is 2.37. The summed E-state index contributed by atoms with van der Waals surface area (Å²) in [5.74, 6) is -1.18. The lowest BCUT2D eigenvalue weighted by atomic mass is 9.91. The third kappa shape index (κ3) is 15.1. The molecule has 0 aromatic heterocycles. The zero-order valence-corrected chi connectivity index (χ0v) is 34.9. The van der Waals surface area contributed by atoms with Gasteiger partial charge in [0, 0.05) is 38.8 Å². The number of rotatable bonds is 5. The number of fused-ring (bicyclic) bond motifs is 3. The molecule has 3 rings (SSSR count). The van der Waals surface area contributed by atoms with Crippen molar-refractivity contribution < 1.29 is 42.9 Å². The molecule has 0 aromatic rings. The number of Topliss-reactive ketones (excluding diaryl/α,β-unsaturated/α-hetero) is 1. The lowest BCUT2D eigenvalue weighted by molar-refractivity contribution is -0.168. The first-order valence-corrected chi connectivity index (χ1v) is 20.8. The van der Waals surface area contributed by atoms with Crippen LogP contribution in [0.25, 0.3) is 0 Å². The topological polar surface area (TPSA) is 130 Å². The number of carbonyl (C=O) groups is 4. The number of nitrogens with one attached hydrogen (secondary N) is 1. The van der Waals surface area contributed by atoms with Gasteiger partial charge in [0.25, 0.3) is 5.91 Å². The van der Waals surface area contributed by atoms with E-state index >= 15 is 0 Å². The van der Waals surface area contributed by atoms with Crippen molar-refractivity contribution >= 4 is 23.6 Å². The molecule has 2 fully saturated rings. The van der Waals surface area contributed by atoms with Gasteiger partial charge >= 0.3 is 5.97 Å². The monoisotopic (exact) mass is 761 g/mol. The van der Waals surface area contributed by atoms with Crippen LogP contribution >= 0.6 is 0 Å². The molecular formula is C43H72N2O9. The Bertz CT molecular complexity index is 1280. The number of nitrogens with zero attached hydrogens (tertiary/aromatic N) is 1. The Morgan fingerprint density at radius 3 is 2.31 bits per heavy atom. The quantitative estimate of drug-likeness (QED) is 0.282. The number of esters is 1. The fourth-order valence-corrected chi connectivity index (χ4v) is 8.06. The van der Waals surface area contributed by atoms with Crippen molar-refractivity contribution in [1.29, 1.82) is 0 Å². The van der Waals surface area contributed by atoms with Crippen molar-refractivity contribution in [2.24, 2.45) is 17.8 Å². The van der Waals surface area contributed by atoms with Crippen molar-refractivity contribution in [2.75, 3.05) is 26.8 Å². The predicted molar refractivity (Wildman–Crippen MR) is 209 cm³/mol. The number of hydrogen-bond donors (Lipinski definition) is 1. The molecule has 11 heteroatoms. The van der Waals surface area contributed by atoms with Crippen LogP contribution in [0.1, 0.15) is 145 Å². The van der Waals surface area contributed by atoms with Crippen molar-refractivity contribution in [3.05, 3.63) is 23.8 Å². The van der Waals surface area contributed by atoms with Crippen LogP contribution in [0, 0.1) is 17.8 Å². The van der Waals surface area contributed by atoms with E-state index in [1.54, 1.807) is 12.0 Å². The summed E-state index contributed by atoms with van der Waals surface area (Å²) in [5.41, 5.74) is 0.243. The molecule has 0 unspecified atom stereocenters. The number of allylic oxidation sites excluding steroid dienone is 3. The molecule has 308 valence electrons. The average molecular weight is 761 g/mol. The Hall–Kier alpha value is -2.60. The van der Waals surface area contributed by atoms with Gasteiger partial charge in [-0.05, 0) is 96.5 Å². The van der Waals surface area contributed by atoms with Crippen molar-refractivity contribution in [1.82, 2.24) is 10.2 Å². The minimum Gasteiger partial charge on any atom is -0.451 e. The van der Waals surface area contributed by atoms with Crippen LogP contribution in [0.3, 0.4) is 0 Å². The van der Waals surface area contributed by atoms with Crippen LogP contribution in [-0.2, 0) is 42.9 Å². The van der Waals surface area contributed by atoms with Gasteiger partial charge in [-0.25, -0.2) is 0 Å². The van der Waals surface area contributed by atoms with E-state index in [2.05, 4.69) is 37.4 Å². The Labute approximate surface area is 325 Å². The molecule has 1 N–H and O–H groups in total. The van der Waals surface area contributed by atoms with Crippen LogP contribution in [-0.4, -0.2) is 91.2 Å². The molecule has 11 nitrogen and oxygen atoms in total. The maximum absolute atomic E-state index is 13.9. The van der Waals surface area contributed by atoms with Crippen molar-refractivity contribution in [3.8, 4) is 0 Å². The highest BCUT2D eigenvalue weighted by atomic mass is 16.8. The Balaban J connectivity index is 1.78. The smallest absolute Gasteiger partial charge is 0.326 e. The second kappa shape index (κ2) is 22.2. The first-order chi connectivity index (χ1) is 25.6. The summed E-state index contributed by atoms with van der Waals surface area (Å²) in [6, 6.07) is 0. The van der Waals surface area contributed by atoms with Crippen LogP contribution < -0.4 is 5.32 Å². The van der Waals surface area contributed by atoms with E-state index < -0.39 is 23.6 Å². The van der Waals surface area contributed by atoms with Crippen LogP contribution in [0.4, 0.5) is 0 Å². The molecule has 0 aromatic carbocycles. The molecule has 0 saturated carbocycles. The zero-order valence-electron chi connectivity index (χ0n) is 34.9. The SMILES string of the molecule is CCC[C@@H]1OC(=O)CNC(=O)[C@@H](C)C[C@H](C)CCCCC(=O)CCC[C@@H](CC)/C=C/C=C(\COC)CC[C@H]2OC(C)(C)O[C@H]2C[C@H]2CN(C1=O)C(C)(C)O2. The predicted octanol–water partition coefficient (Wildman–Crippen LogP) is 7.60. The summed E-state index contributed by atoms with van der Waals surface area (Å²) < 4.78 is 30.5. The molecule has 2 amide bonds. The largest absolute Gasteiger partial charge is 0.451 e. The van der Waals surface area contributed by atoms with Crippen molar-refractivity contribution in [2.45, 2.75) is 181 Å². The molecule has 2 bridgehead atoms. The van der Waals surface area contributed by atoms with Gasteiger partial charge in [0.2, 0.25) is 5.91 Å². The number of ether oxygens (including phenoxy) is 5. The third-order valence-electron chi connectivity index (χ3n) is 11.0. The van der Waals surface area contributed by atoms with E-state index in [4.69, 9.17) is 23.7 Å². The van der Waals surface area contributed by atoms with Gasteiger partial charge in [0.1, 0.15) is 18.1 Å². The molecule has 0 spiro atoms. The molecular weight excluding hydrogens is 688 g/mol. The molecule has 3 aliphatic rings. The minimum absolute atomic E-state index is 0.179. The first kappa shape index (κ1) is 45.8. The van der Waals surface area contributed by atoms with Gasteiger partial charge in [0.05, 0.1) is 24.9 Å². The number of methoxy groups -OCH3 is 1.